The number of rotatable bonds is 0. The SMILES string of the molecule is O.O.O.O.O.O.O=[P+](O)O.O=[P+](O)O.O=[P+](O)O.[Na].[Na].[Na].[Na].[Na]. The van der Waals surface area contributed by atoms with Crippen molar-refractivity contribution in [2.75, 3.05) is 0 Å². The van der Waals surface area contributed by atoms with Crippen LogP contribution < -0.4 is 0 Å². The van der Waals surface area contributed by atoms with Crippen LogP contribution in [0.15, 0.2) is 0 Å². The van der Waals surface area contributed by atoms with Gasteiger partial charge in [0.05, 0.1) is 0 Å². The van der Waals surface area contributed by atoms with Gasteiger partial charge in [0.15, 0.2) is 0 Å². The number of hydrogen-bond donors (Lipinski definition) is 6. The van der Waals surface area contributed by atoms with Crippen LogP contribution in [0.5, 0.6) is 0 Å². The van der Waals surface area contributed by atoms with Crippen molar-refractivity contribution in [1.29, 1.82) is 0 Å². The van der Waals surface area contributed by atoms with E-state index in [1.54, 1.807) is 0 Å². The largest absolute Gasteiger partial charge is 0.692 e. The van der Waals surface area contributed by atoms with Crippen LogP contribution in [0.1, 0.15) is 0 Å². The Morgan fingerprint density at radius 3 is 0.348 bits per heavy atom. The Hall–Kier alpha value is 4.82. The molecule has 0 aliphatic rings. The molecule has 23 heteroatoms. The van der Waals surface area contributed by atoms with Gasteiger partial charge >= 0.3 is 24.8 Å². The molecule has 0 heterocycles. The molecule has 0 aromatic heterocycles. The van der Waals surface area contributed by atoms with E-state index in [9.17, 15) is 0 Å². The van der Waals surface area contributed by atoms with Gasteiger partial charge in [0.2, 0.25) is 0 Å². The smallest absolute Gasteiger partial charge is 0.412 e. The number of hydrogen-bond acceptors (Lipinski definition) is 3. The van der Waals surface area contributed by atoms with E-state index in [1.165, 1.54) is 0 Å². The molecule has 0 atom stereocenters. The quantitative estimate of drug-likeness (QED) is 0.146. The van der Waals surface area contributed by atoms with Gasteiger partial charge in [0, 0.05) is 161 Å². The molecule has 0 aromatic carbocycles. The molecule has 0 unspecified atom stereocenters. The van der Waals surface area contributed by atoms with Gasteiger partial charge in [-0.15, -0.1) is 29.4 Å². The van der Waals surface area contributed by atoms with Crippen molar-refractivity contribution in [2.24, 2.45) is 0 Å². The topological polar surface area (TPSA) is 362 Å². The summed E-state index contributed by atoms with van der Waals surface area (Å²) in [5, 5.41) is 0. The summed E-state index contributed by atoms with van der Waals surface area (Å²) in [6, 6.07) is 0. The van der Waals surface area contributed by atoms with Crippen LogP contribution in [-0.4, -0.2) is 210 Å². The zero-order chi connectivity index (χ0) is 10.7. The molecular weight excluding hydrogens is 448 g/mol. The zero-order valence-electron chi connectivity index (χ0n) is 13.2. The summed E-state index contributed by atoms with van der Waals surface area (Å²) in [7, 11) is -8.61. The molecular formula is H18Na5O15P3+3. The van der Waals surface area contributed by atoms with Crippen molar-refractivity contribution in [3.05, 3.63) is 0 Å². The Morgan fingerprint density at radius 2 is 0.348 bits per heavy atom. The van der Waals surface area contributed by atoms with Crippen LogP contribution >= 0.6 is 24.8 Å². The van der Waals surface area contributed by atoms with Gasteiger partial charge in [0.25, 0.3) is 0 Å². The summed E-state index contributed by atoms with van der Waals surface area (Å²) in [5.74, 6) is 0. The van der Waals surface area contributed by atoms with Gasteiger partial charge in [-0.05, 0) is 0 Å². The molecule has 0 aliphatic heterocycles. The van der Waals surface area contributed by atoms with Crippen LogP contribution in [0.4, 0.5) is 0 Å². The van der Waals surface area contributed by atoms with E-state index in [1.807, 2.05) is 0 Å². The van der Waals surface area contributed by atoms with E-state index >= 15 is 0 Å². The Labute approximate surface area is 244 Å². The average molecular weight is 466 g/mol. The van der Waals surface area contributed by atoms with Crippen molar-refractivity contribution < 1.29 is 75.9 Å². The standard InChI is InChI=1S/5Na.3HO3P.6H2O/c;;;;;3*1-4(2)3;;;;;;/h;;;;;3*(H-,1,2,3);6*1H2/p+3. The van der Waals surface area contributed by atoms with E-state index < -0.39 is 24.8 Å². The minimum Gasteiger partial charge on any atom is -0.412 e. The average Bonchev–Trinajstić information content (AvgIpc) is 1.54. The van der Waals surface area contributed by atoms with Crippen LogP contribution in [0.2, 0.25) is 0 Å². The normalized spacial score (nSPS) is 3.39. The molecule has 23 heavy (non-hydrogen) atoms. The Morgan fingerprint density at radius 1 is 0.348 bits per heavy atom. The second-order valence-electron chi connectivity index (χ2n) is 0.758. The van der Waals surface area contributed by atoms with E-state index in [0.29, 0.717) is 0 Å². The summed E-state index contributed by atoms with van der Waals surface area (Å²) >= 11 is 0. The summed E-state index contributed by atoms with van der Waals surface area (Å²) in [6.45, 7) is 0. The second kappa shape index (κ2) is 93.6. The third-order valence-electron chi connectivity index (χ3n) is 0. The van der Waals surface area contributed by atoms with Crippen molar-refractivity contribution in [3.63, 3.8) is 0 Å². The molecule has 0 fully saturated rings. The first kappa shape index (κ1) is 105. The fraction of sp³-hybridized carbons (Fsp3) is 0. The predicted molar refractivity (Wildman–Crippen MR) is 86.6 cm³/mol. The summed E-state index contributed by atoms with van der Waals surface area (Å²) < 4.78 is 26.1. The molecule has 125 valence electrons. The molecule has 0 rings (SSSR count). The van der Waals surface area contributed by atoms with Gasteiger partial charge < -0.3 is 32.9 Å². The Bertz CT molecular complexity index is 127. The second-order valence-corrected chi connectivity index (χ2v) is 2.27. The minimum absolute atomic E-state index is 0. The summed E-state index contributed by atoms with van der Waals surface area (Å²) in [5.41, 5.74) is 0. The van der Waals surface area contributed by atoms with Crippen molar-refractivity contribution >= 4 is 173 Å². The monoisotopic (exact) mass is 466 g/mol. The molecule has 0 saturated heterocycles. The summed E-state index contributed by atoms with van der Waals surface area (Å²) in [6.07, 6.45) is 0. The molecule has 0 aliphatic carbocycles. The van der Waals surface area contributed by atoms with Crippen molar-refractivity contribution in [2.45, 2.75) is 0 Å². The van der Waals surface area contributed by atoms with Crippen molar-refractivity contribution in [1.82, 2.24) is 0 Å². The third-order valence-corrected chi connectivity index (χ3v) is 0. The fourth-order valence-electron chi connectivity index (χ4n) is 0. The van der Waals surface area contributed by atoms with Gasteiger partial charge in [-0.2, -0.15) is 0 Å². The molecule has 0 saturated carbocycles. The maximum Gasteiger partial charge on any atom is 0.692 e. The molecule has 15 nitrogen and oxygen atoms in total. The van der Waals surface area contributed by atoms with E-state index in [0.717, 1.165) is 0 Å². The third kappa shape index (κ3) is 711. The zero-order valence-corrected chi connectivity index (χ0v) is 25.9. The minimum atomic E-state index is -2.87. The maximum absolute atomic E-state index is 8.70. The Kier molecular flexibility index (Phi) is 426. The van der Waals surface area contributed by atoms with Crippen molar-refractivity contribution in [3.8, 4) is 0 Å². The first-order valence-corrected chi connectivity index (χ1v) is 5.24. The maximum atomic E-state index is 8.70. The van der Waals surface area contributed by atoms with Gasteiger partial charge in [-0.3, -0.25) is 0 Å². The van der Waals surface area contributed by atoms with E-state index in [-0.39, 0.29) is 181 Å². The molecule has 0 amide bonds. The van der Waals surface area contributed by atoms with E-state index in [2.05, 4.69) is 0 Å². The molecule has 18 N–H and O–H groups in total. The fourth-order valence-corrected chi connectivity index (χ4v) is 0. The first-order chi connectivity index (χ1) is 5.20. The molecule has 0 aromatic rings. The van der Waals surface area contributed by atoms with Crippen LogP contribution in [0.3, 0.4) is 0 Å². The Balaban J connectivity index is -0.00000000355. The first-order valence-electron chi connectivity index (χ1n) is 1.75. The van der Waals surface area contributed by atoms with Crippen LogP contribution in [0, 0.1) is 0 Å². The van der Waals surface area contributed by atoms with Gasteiger partial charge in [-0.25, -0.2) is 0 Å². The van der Waals surface area contributed by atoms with Crippen LogP contribution in [0.25, 0.3) is 0 Å². The van der Waals surface area contributed by atoms with Gasteiger partial charge in [0.1, 0.15) is 0 Å². The summed E-state index contributed by atoms with van der Waals surface area (Å²) in [4.78, 5) is 42.7. The van der Waals surface area contributed by atoms with Crippen LogP contribution in [-0.2, 0) is 13.7 Å². The van der Waals surface area contributed by atoms with E-state index in [4.69, 9.17) is 43.1 Å². The molecule has 0 bridgehead atoms. The molecule has 5 radical (unpaired) electrons. The molecule has 0 spiro atoms. The van der Waals surface area contributed by atoms with Gasteiger partial charge in [-0.1, -0.05) is 0 Å². The predicted octanol–water partition coefficient (Wildman–Crippen LogP) is -7.97.